The van der Waals surface area contributed by atoms with Crippen LogP contribution in [0.1, 0.15) is 5.56 Å². The molecule has 2 aromatic carbocycles. The van der Waals surface area contributed by atoms with Crippen molar-refractivity contribution in [3.63, 3.8) is 0 Å². The number of nitrogens with one attached hydrogen (secondary N) is 2. The van der Waals surface area contributed by atoms with Crippen LogP contribution < -0.4 is 10.6 Å². The molecule has 4 rings (SSSR count). The lowest BCUT2D eigenvalue weighted by Gasteiger charge is -2.11. The van der Waals surface area contributed by atoms with Gasteiger partial charge in [-0.2, -0.15) is 0 Å². The summed E-state index contributed by atoms with van der Waals surface area (Å²) in [6, 6.07) is 9.46. The van der Waals surface area contributed by atoms with Gasteiger partial charge in [-0.1, -0.05) is 12.1 Å². The molecule has 2 N–H and O–H groups in total. The van der Waals surface area contributed by atoms with E-state index in [4.69, 9.17) is 0 Å². The summed E-state index contributed by atoms with van der Waals surface area (Å²) in [5.74, 6) is -0.804. The van der Waals surface area contributed by atoms with Gasteiger partial charge in [-0.05, 0) is 36.8 Å². The summed E-state index contributed by atoms with van der Waals surface area (Å²) < 4.78 is 28.8. The zero-order valence-electron chi connectivity index (χ0n) is 14.8. The summed E-state index contributed by atoms with van der Waals surface area (Å²) >= 11 is 0. The number of fused-ring (bicyclic) bond motifs is 1. The van der Waals surface area contributed by atoms with E-state index in [-0.39, 0.29) is 5.69 Å². The van der Waals surface area contributed by atoms with Crippen LogP contribution in [0.4, 0.5) is 25.0 Å². The molecule has 28 heavy (non-hydrogen) atoms. The Labute approximate surface area is 158 Å². The number of hydrogen-bond acceptors (Lipinski definition) is 3. The van der Waals surface area contributed by atoms with E-state index in [1.807, 2.05) is 31.5 Å². The molecule has 2 amide bonds. The number of aromatic nitrogens is 3. The number of carbonyl (C=O) groups is 1. The summed E-state index contributed by atoms with van der Waals surface area (Å²) in [5, 5.41) is 4.97. The van der Waals surface area contributed by atoms with Gasteiger partial charge < -0.3 is 10.6 Å². The third-order valence-electron chi connectivity index (χ3n) is 4.19. The second-order valence-corrected chi connectivity index (χ2v) is 6.19. The van der Waals surface area contributed by atoms with E-state index < -0.39 is 17.7 Å². The van der Waals surface area contributed by atoms with Crippen molar-refractivity contribution in [3.05, 3.63) is 78.3 Å². The Bertz CT molecular complexity index is 1160. The fraction of sp³-hybridized carbons (Fsp3) is 0.0500. The van der Waals surface area contributed by atoms with Gasteiger partial charge >= 0.3 is 6.03 Å². The predicted octanol–water partition coefficient (Wildman–Crippen LogP) is 4.63. The van der Waals surface area contributed by atoms with Gasteiger partial charge in [-0.25, -0.2) is 23.5 Å². The summed E-state index contributed by atoms with van der Waals surface area (Å²) in [6.45, 7) is 1.83. The highest BCUT2D eigenvalue weighted by Crippen LogP contribution is 2.25. The summed E-state index contributed by atoms with van der Waals surface area (Å²) in [7, 11) is 0. The first-order chi connectivity index (χ1) is 13.5. The lowest BCUT2D eigenvalue weighted by Crippen LogP contribution is -2.20. The molecule has 0 unspecified atom stereocenters. The summed E-state index contributed by atoms with van der Waals surface area (Å²) in [5.41, 5.74) is 2.57. The molecule has 0 fully saturated rings. The largest absolute Gasteiger partial charge is 0.323 e. The highest BCUT2D eigenvalue weighted by molar-refractivity contribution is 6.00. The van der Waals surface area contributed by atoms with Crippen molar-refractivity contribution in [1.29, 1.82) is 0 Å². The molecule has 0 spiro atoms. The first-order valence-corrected chi connectivity index (χ1v) is 8.43. The number of rotatable bonds is 3. The maximum absolute atomic E-state index is 13.7. The van der Waals surface area contributed by atoms with E-state index in [0.29, 0.717) is 17.2 Å². The smallest absolute Gasteiger partial charge is 0.307 e. The van der Waals surface area contributed by atoms with Gasteiger partial charge in [0.05, 0.1) is 11.4 Å². The SMILES string of the molecule is Cc1ccc(-c2cn3cccnc3n2)cc1NC(=O)Nc1cc(F)ccc1F. The van der Waals surface area contributed by atoms with Gasteiger partial charge in [0.1, 0.15) is 11.6 Å². The summed E-state index contributed by atoms with van der Waals surface area (Å²) in [6.07, 6.45) is 5.33. The molecule has 0 aliphatic heterocycles. The standard InChI is InChI=1S/C20H15F2N5O/c1-12-3-4-13(18-11-27-8-2-7-23-19(27)24-18)9-16(12)25-20(28)26-17-10-14(21)5-6-15(17)22/h2-11H,1H3,(H2,25,26,28). The van der Waals surface area contributed by atoms with Crippen molar-refractivity contribution >= 4 is 23.2 Å². The number of hydrogen-bond donors (Lipinski definition) is 2. The van der Waals surface area contributed by atoms with E-state index in [0.717, 1.165) is 29.3 Å². The number of carbonyl (C=O) groups excluding carboxylic acids is 1. The Hall–Kier alpha value is -3.81. The Morgan fingerprint density at radius 2 is 1.89 bits per heavy atom. The molecule has 4 aromatic rings. The molecule has 140 valence electrons. The van der Waals surface area contributed by atoms with Gasteiger partial charge in [0.15, 0.2) is 0 Å². The monoisotopic (exact) mass is 379 g/mol. The molecule has 0 atom stereocenters. The molecule has 0 bridgehead atoms. The molecule has 0 aliphatic rings. The van der Waals surface area contributed by atoms with Gasteiger partial charge in [0, 0.05) is 35.9 Å². The maximum Gasteiger partial charge on any atom is 0.323 e. The second-order valence-electron chi connectivity index (χ2n) is 6.19. The Balaban J connectivity index is 1.58. The third kappa shape index (κ3) is 3.52. The Morgan fingerprint density at radius 3 is 2.71 bits per heavy atom. The Kier molecular flexibility index (Phi) is 4.44. The molecule has 0 saturated carbocycles. The van der Waals surface area contributed by atoms with Crippen LogP contribution in [-0.2, 0) is 0 Å². The number of benzene rings is 2. The molecule has 0 saturated heterocycles. The van der Waals surface area contributed by atoms with E-state index in [1.165, 1.54) is 0 Å². The number of amides is 2. The number of imidazole rings is 1. The number of halogens is 2. The number of nitrogens with zero attached hydrogens (tertiary/aromatic N) is 3. The lowest BCUT2D eigenvalue weighted by atomic mass is 10.1. The fourth-order valence-electron chi connectivity index (χ4n) is 2.75. The zero-order valence-corrected chi connectivity index (χ0v) is 14.8. The number of urea groups is 1. The second kappa shape index (κ2) is 7.07. The molecule has 0 aliphatic carbocycles. The highest BCUT2D eigenvalue weighted by Gasteiger charge is 2.12. The molecular formula is C20H15F2N5O. The minimum atomic E-state index is -0.723. The quantitative estimate of drug-likeness (QED) is 0.545. The van der Waals surface area contributed by atoms with E-state index in [1.54, 1.807) is 22.7 Å². The van der Waals surface area contributed by atoms with Gasteiger partial charge in [-0.15, -0.1) is 0 Å². The van der Waals surface area contributed by atoms with Gasteiger partial charge in [0.25, 0.3) is 0 Å². The normalized spacial score (nSPS) is 10.8. The van der Waals surface area contributed by atoms with E-state index >= 15 is 0 Å². The molecular weight excluding hydrogens is 364 g/mol. The fourth-order valence-corrected chi connectivity index (χ4v) is 2.75. The lowest BCUT2D eigenvalue weighted by molar-refractivity contribution is 0.262. The van der Waals surface area contributed by atoms with E-state index in [9.17, 15) is 13.6 Å². The first kappa shape index (κ1) is 17.6. The zero-order chi connectivity index (χ0) is 19.7. The third-order valence-corrected chi connectivity index (χ3v) is 4.19. The average molecular weight is 379 g/mol. The van der Waals surface area contributed by atoms with E-state index in [2.05, 4.69) is 20.6 Å². The van der Waals surface area contributed by atoms with Gasteiger partial charge in [0.2, 0.25) is 5.78 Å². The minimum Gasteiger partial charge on any atom is -0.307 e. The number of aryl methyl sites for hydroxylation is 1. The highest BCUT2D eigenvalue weighted by atomic mass is 19.1. The number of anilines is 2. The van der Waals surface area contributed by atoms with Crippen LogP contribution in [0.3, 0.4) is 0 Å². The van der Waals surface area contributed by atoms with Crippen LogP contribution in [0.2, 0.25) is 0 Å². The maximum atomic E-state index is 13.7. The van der Waals surface area contributed by atoms with Crippen molar-refractivity contribution in [3.8, 4) is 11.3 Å². The first-order valence-electron chi connectivity index (χ1n) is 8.43. The van der Waals surface area contributed by atoms with Crippen LogP contribution in [0.5, 0.6) is 0 Å². The van der Waals surface area contributed by atoms with Crippen molar-refractivity contribution in [1.82, 2.24) is 14.4 Å². The van der Waals surface area contributed by atoms with Crippen molar-refractivity contribution < 1.29 is 13.6 Å². The topological polar surface area (TPSA) is 71.3 Å². The minimum absolute atomic E-state index is 0.238. The van der Waals surface area contributed by atoms with Crippen molar-refractivity contribution in [2.24, 2.45) is 0 Å². The summed E-state index contributed by atoms with van der Waals surface area (Å²) in [4.78, 5) is 20.9. The Morgan fingerprint density at radius 1 is 1.07 bits per heavy atom. The molecule has 2 aromatic heterocycles. The van der Waals surface area contributed by atoms with Crippen molar-refractivity contribution in [2.45, 2.75) is 6.92 Å². The molecule has 8 heteroatoms. The van der Waals surface area contributed by atoms with Crippen molar-refractivity contribution in [2.75, 3.05) is 10.6 Å². The van der Waals surface area contributed by atoms with Gasteiger partial charge in [-0.3, -0.25) is 4.40 Å². The van der Waals surface area contributed by atoms with Crippen LogP contribution in [0.25, 0.3) is 17.0 Å². The average Bonchev–Trinajstić information content (AvgIpc) is 3.10. The molecule has 2 heterocycles. The molecule has 0 radical (unpaired) electrons. The predicted molar refractivity (Wildman–Crippen MR) is 102 cm³/mol. The van der Waals surface area contributed by atoms with Crippen LogP contribution in [0, 0.1) is 18.6 Å². The van der Waals surface area contributed by atoms with Crippen LogP contribution in [0.15, 0.2) is 61.1 Å². The van der Waals surface area contributed by atoms with Crippen LogP contribution >= 0.6 is 0 Å². The van der Waals surface area contributed by atoms with Crippen LogP contribution in [-0.4, -0.2) is 20.4 Å². The molecule has 6 nitrogen and oxygen atoms in total.